The van der Waals surface area contributed by atoms with Crippen molar-refractivity contribution >= 4 is 11.6 Å². The lowest BCUT2D eigenvalue weighted by molar-refractivity contribution is 0.102. The molecule has 0 radical (unpaired) electrons. The normalized spacial score (nSPS) is 10.5. The lowest BCUT2D eigenvalue weighted by Gasteiger charge is -2.09. The summed E-state index contributed by atoms with van der Waals surface area (Å²) in [5, 5.41) is 6.89. The van der Waals surface area contributed by atoms with Crippen molar-refractivity contribution < 1.29 is 9.53 Å². The van der Waals surface area contributed by atoms with Crippen molar-refractivity contribution in [1.82, 2.24) is 14.3 Å². The topological polar surface area (TPSA) is 78.1 Å². The Kier molecular flexibility index (Phi) is 4.38. The number of pyridine rings is 1. The molecule has 1 aromatic carbocycles. The molecule has 0 bridgehead atoms. The second-order valence-electron chi connectivity index (χ2n) is 5.61. The number of nitrogens with one attached hydrogen (secondary N) is 1. The molecule has 0 aliphatic rings. The SMILES string of the molecule is COc1ccc(C)cc1-n1ccc(C(=O)Nc2cccn(C)c2=O)n1. The first-order chi connectivity index (χ1) is 12.0. The first-order valence-electron chi connectivity index (χ1n) is 7.67. The number of hydrogen-bond donors (Lipinski definition) is 1. The van der Waals surface area contributed by atoms with E-state index in [1.54, 1.807) is 49.4 Å². The van der Waals surface area contributed by atoms with Gasteiger partial charge in [-0.1, -0.05) is 6.07 Å². The third-order valence-corrected chi connectivity index (χ3v) is 3.77. The minimum absolute atomic E-state index is 0.203. The van der Waals surface area contributed by atoms with Crippen molar-refractivity contribution in [2.45, 2.75) is 6.92 Å². The maximum Gasteiger partial charge on any atom is 0.276 e. The third kappa shape index (κ3) is 3.30. The van der Waals surface area contributed by atoms with Crippen LogP contribution in [0.4, 0.5) is 5.69 Å². The Morgan fingerprint density at radius 1 is 1.20 bits per heavy atom. The molecule has 0 saturated heterocycles. The Balaban J connectivity index is 1.89. The Hall–Kier alpha value is -3.35. The molecule has 1 N–H and O–H groups in total. The zero-order chi connectivity index (χ0) is 18.0. The molecule has 2 heterocycles. The zero-order valence-electron chi connectivity index (χ0n) is 14.2. The van der Waals surface area contributed by atoms with Crippen LogP contribution in [-0.2, 0) is 7.05 Å². The van der Waals surface area contributed by atoms with E-state index in [1.807, 2.05) is 25.1 Å². The van der Waals surface area contributed by atoms with Gasteiger partial charge in [0.2, 0.25) is 0 Å². The molecule has 1 amide bonds. The van der Waals surface area contributed by atoms with Crippen LogP contribution in [0.5, 0.6) is 5.75 Å². The van der Waals surface area contributed by atoms with Gasteiger partial charge in [0, 0.05) is 19.4 Å². The standard InChI is InChI=1S/C18H18N4O3/c1-12-6-7-16(25-3)15(11-12)22-10-8-13(20-22)17(23)19-14-5-4-9-21(2)18(14)24/h4-11H,1-3H3,(H,19,23). The number of benzene rings is 1. The van der Waals surface area contributed by atoms with Crippen molar-refractivity contribution in [2.75, 3.05) is 12.4 Å². The van der Waals surface area contributed by atoms with Crippen LogP contribution in [0.15, 0.2) is 53.6 Å². The van der Waals surface area contributed by atoms with Gasteiger partial charge in [-0.05, 0) is 42.8 Å². The van der Waals surface area contributed by atoms with E-state index in [-0.39, 0.29) is 16.9 Å². The molecule has 2 aromatic heterocycles. The number of carbonyl (C=O) groups is 1. The number of nitrogens with zero attached hydrogens (tertiary/aromatic N) is 3. The fourth-order valence-corrected chi connectivity index (χ4v) is 2.44. The van der Waals surface area contributed by atoms with Crippen LogP contribution < -0.4 is 15.6 Å². The summed E-state index contributed by atoms with van der Waals surface area (Å²) in [6.45, 7) is 1.96. The van der Waals surface area contributed by atoms with E-state index in [0.29, 0.717) is 5.75 Å². The summed E-state index contributed by atoms with van der Waals surface area (Å²) >= 11 is 0. The highest BCUT2D eigenvalue weighted by Gasteiger charge is 2.14. The second-order valence-corrected chi connectivity index (χ2v) is 5.61. The van der Waals surface area contributed by atoms with Gasteiger partial charge in [0.25, 0.3) is 11.5 Å². The molecule has 0 aliphatic carbocycles. The second kappa shape index (κ2) is 6.64. The molecule has 0 fully saturated rings. The Morgan fingerprint density at radius 3 is 2.76 bits per heavy atom. The monoisotopic (exact) mass is 338 g/mol. The van der Waals surface area contributed by atoms with Crippen LogP contribution in [0.3, 0.4) is 0 Å². The predicted molar refractivity (Wildman–Crippen MR) is 94.5 cm³/mol. The number of aromatic nitrogens is 3. The van der Waals surface area contributed by atoms with Crippen molar-refractivity contribution in [1.29, 1.82) is 0 Å². The van der Waals surface area contributed by atoms with Gasteiger partial charge in [0.1, 0.15) is 17.1 Å². The van der Waals surface area contributed by atoms with Crippen LogP contribution in [0.2, 0.25) is 0 Å². The summed E-state index contributed by atoms with van der Waals surface area (Å²) in [7, 11) is 3.20. The fourth-order valence-electron chi connectivity index (χ4n) is 2.44. The molecule has 3 aromatic rings. The third-order valence-electron chi connectivity index (χ3n) is 3.77. The molecular weight excluding hydrogens is 320 g/mol. The van der Waals surface area contributed by atoms with E-state index < -0.39 is 5.91 Å². The van der Waals surface area contributed by atoms with E-state index in [1.165, 1.54) is 4.57 Å². The van der Waals surface area contributed by atoms with Gasteiger partial charge in [-0.3, -0.25) is 9.59 Å². The van der Waals surface area contributed by atoms with E-state index in [2.05, 4.69) is 10.4 Å². The summed E-state index contributed by atoms with van der Waals surface area (Å²) in [6.07, 6.45) is 3.30. The molecule has 7 nitrogen and oxygen atoms in total. The Bertz CT molecular complexity index is 988. The van der Waals surface area contributed by atoms with Crippen LogP contribution in [-0.4, -0.2) is 27.4 Å². The molecule has 3 rings (SSSR count). The van der Waals surface area contributed by atoms with Gasteiger partial charge in [0.15, 0.2) is 5.69 Å². The van der Waals surface area contributed by atoms with Crippen molar-refractivity contribution in [2.24, 2.45) is 7.05 Å². The zero-order valence-corrected chi connectivity index (χ0v) is 14.2. The molecule has 0 atom stereocenters. The van der Waals surface area contributed by atoms with Crippen LogP contribution >= 0.6 is 0 Å². The number of rotatable bonds is 4. The Labute approximate surface area is 144 Å². The van der Waals surface area contributed by atoms with Gasteiger partial charge < -0.3 is 14.6 Å². The fraction of sp³-hybridized carbons (Fsp3) is 0.167. The molecule has 0 aliphatic heterocycles. The summed E-state index contributed by atoms with van der Waals surface area (Å²) in [4.78, 5) is 24.4. The van der Waals surface area contributed by atoms with Crippen LogP contribution in [0, 0.1) is 6.92 Å². The summed E-state index contributed by atoms with van der Waals surface area (Å²) in [5.74, 6) is 0.200. The van der Waals surface area contributed by atoms with Gasteiger partial charge in [-0.2, -0.15) is 5.10 Å². The van der Waals surface area contributed by atoms with Crippen molar-refractivity contribution in [3.05, 3.63) is 70.4 Å². The largest absolute Gasteiger partial charge is 0.494 e. The Morgan fingerprint density at radius 2 is 2.00 bits per heavy atom. The number of methoxy groups -OCH3 is 1. The van der Waals surface area contributed by atoms with Gasteiger partial charge >= 0.3 is 0 Å². The van der Waals surface area contributed by atoms with Gasteiger partial charge in [0.05, 0.1) is 7.11 Å². The first-order valence-corrected chi connectivity index (χ1v) is 7.67. The predicted octanol–water partition coefficient (Wildman–Crippen LogP) is 2.14. The van der Waals surface area contributed by atoms with Gasteiger partial charge in [-0.25, -0.2) is 4.68 Å². The maximum atomic E-state index is 12.4. The molecule has 0 spiro atoms. The smallest absolute Gasteiger partial charge is 0.276 e. The minimum Gasteiger partial charge on any atom is -0.494 e. The van der Waals surface area contributed by atoms with E-state index in [4.69, 9.17) is 4.74 Å². The molecular formula is C18H18N4O3. The highest BCUT2D eigenvalue weighted by atomic mass is 16.5. The van der Waals surface area contributed by atoms with Crippen molar-refractivity contribution in [3.8, 4) is 11.4 Å². The number of ether oxygens (including phenoxy) is 1. The summed E-state index contributed by atoms with van der Waals surface area (Å²) in [5.41, 5.74) is 1.91. The minimum atomic E-state index is -0.450. The summed E-state index contributed by atoms with van der Waals surface area (Å²) in [6, 6.07) is 10.5. The molecule has 0 unspecified atom stereocenters. The molecule has 0 saturated carbocycles. The van der Waals surface area contributed by atoms with E-state index in [9.17, 15) is 9.59 Å². The number of anilines is 1. The number of hydrogen-bond acceptors (Lipinski definition) is 4. The quantitative estimate of drug-likeness (QED) is 0.790. The average molecular weight is 338 g/mol. The average Bonchev–Trinajstić information content (AvgIpc) is 3.09. The molecule has 128 valence electrons. The number of amides is 1. The van der Waals surface area contributed by atoms with E-state index in [0.717, 1.165) is 11.3 Å². The van der Waals surface area contributed by atoms with Crippen LogP contribution in [0.25, 0.3) is 5.69 Å². The molecule has 25 heavy (non-hydrogen) atoms. The lowest BCUT2D eigenvalue weighted by Crippen LogP contribution is -2.23. The maximum absolute atomic E-state index is 12.4. The highest BCUT2D eigenvalue weighted by Crippen LogP contribution is 2.23. The number of carbonyl (C=O) groups excluding carboxylic acids is 1. The lowest BCUT2D eigenvalue weighted by atomic mass is 10.2. The van der Waals surface area contributed by atoms with Crippen LogP contribution in [0.1, 0.15) is 16.1 Å². The molecule has 7 heteroatoms. The van der Waals surface area contributed by atoms with Gasteiger partial charge in [-0.15, -0.1) is 0 Å². The van der Waals surface area contributed by atoms with E-state index >= 15 is 0 Å². The first kappa shape index (κ1) is 16.5. The number of aryl methyl sites for hydroxylation is 2. The highest BCUT2D eigenvalue weighted by molar-refractivity contribution is 6.02. The summed E-state index contributed by atoms with van der Waals surface area (Å²) < 4.78 is 8.31. The van der Waals surface area contributed by atoms with Crippen molar-refractivity contribution in [3.63, 3.8) is 0 Å².